The van der Waals surface area contributed by atoms with E-state index in [9.17, 15) is 14.7 Å². The summed E-state index contributed by atoms with van der Waals surface area (Å²) in [5.74, 6) is -0.642. The molecular weight excluding hydrogens is 382 g/mol. The van der Waals surface area contributed by atoms with Crippen LogP contribution >= 0.6 is 11.3 Å². The smallest absolute Gasteiger partial charge is 0.337 e. The van der Waals surface area contributed by atoms with Crippen LogP contribution in [0, 0.1) is 6.92 Å². The molecule has 3 aromatic rings. The van der Waals surface area contributed by atoms with E-state index in [1.807, 2.05) is 12.3 Å². The van der Waals surface area contributed by atoms with Gasteiger partial charge in [0.2, 0.25) is 5.89 Å². The van der Waals surface area contributed by atoms with Gasteiger partial charge < -0.3 is 19.2 Å². The van der Waals surface area contributed by atoms with Gasteiger partial charge >= 0.3 is 5.97 Å². The normalized spacial score (nSPS) is 10.7. The van der Waals surface area contributed by atoms with Crippen molar-refractivity contribution in [1.82, 2.24) is 14.9 Å². The van der Waals surface area contributed by atoms with Crippen LogP contribution in [0.1, 0.15) is 31.4 Å². The van der Waals surface area contributed by atoms with Crippen molar-refractivity contribution in [3.8, 4) is 11.5 Å². The van der Waals surface area contributed by atoms with Gasteiger partial charge in [-0.2, -0.15) is 0 Å². The summed E-state index contributed by atoms with van der Waals surface area (Å²) in [5, 5.41) is 12.1. The van der Waals surface area contributed by atoms with Crippen molar-refractivity contribution in [2.24, 2.45) is 0 Å². The average molecular weight is 401 g/mol. The number of aromatic nitrogens is 2. The van der Waals surface area contributed by atoms with E-state index >= 15 is 0 Å². The summed E-state index contributed by atoms with van der Waals surface area (Å²) >= 11 is 1.44. The first kappa shape index (κ1) is 19.7. The standard InChI is InChI=1S/C19H19N3O5S/c1-12-11-28-16(21-12)10-22(4-5-23)18(24)14-7-13(17-20-3-6-27-17)8-15(9-14)19(25)26-2/h3,6-9,11,23H,4-5,10H2,1-2H3. The summed E-state index contributed by atoms with van der Waals surface area (Å²) < 4.78 is 10.1. The Labute approximate surface area is 165 Å². The zero-order valence-electron chi connectivity index (χ0n) is 15.4. The molecule has 1 N–H and O–H groups in total. The van der Waals surface area contributed by atoms with Gasteiger partial charge in [0.05, 0.1) is 32.0 Å². The number of aryl methyl sites for hydroxylation is 1. The fourth-order valence-electron chi connectivity index (χ4n) is 2.67. The van der Waals surface area contributed by atoms with E-state index < -0.39 is 5.97 Å². The number of nitrogens with zero attached hydrogens (tertiary/aromatic N) is 3. The van der Waals surface area contributed by atoms with Crippen molar-refractivity contribution in [1.29, 1.82) is 0 Å². The van der Waals surface area contributed by atoms with Gasteiger partial charge in [0.1, 0.15) is 11.3 Å². The van der Waals surface area contributed by atoms with E-state index in [1.165, 1.54) is 41.9 Å². The third-order valence-corrected chi connectivity index (χ3v) is 4.88. The van der Waals surface area contributed by atoms with Gasteiger partial charge in [-0.05, 0) is 25.1 Å². The molecule has 2 aromatic heterocycles. The molecular formula is C19H19N3O5S. The number of hydrogen-bond acceptors (Lipinski definition) is 8. The maximum Gasteiger partial charge on any atom is 0.337 e. The van der Waals surface area contributed by atoms with Crippen LogP contribution in [0.3, 0.4) is 0 Å². The van der Waals surface area contributed by atoms with Gasteiger partial charge in [0, 0.05) is 28.7 Å². The van der Waals surface area contributed by atoms with Crippen LogP contribution in [0.15, 0.2) is 40.5 Å². The molecule has 1 aromatic carbocycles. The minimum absolute atomic E-state index is 0.133. The number of esters is 1. The average Bonchev–Trinajstić information content (AvgIpc) is 3.38. The van der Waals surface area contributed by atoms with Crippen LogP contribution in [0.4, 0.5) is 0 Å². The van der Waals surface area contributed by atoms with Crippen molar-refractivity contribution < 1.29 is 23.8 Å². The van der Waals surface area contributed by atoms with Crippen molar-refractivity contribution in [2.75, 3.05) is 20.3 Å². The summed E-state index contributed by atoms with van der Waals surface area (Å²) in [6.07, 6.45) is 2.88. The molecule has 1 amide bonds. The molecule has 0 unspecified atom stereocenters. The highest BCUT2D eigenvalue weighted by molar-refractivity contribution is 7.09. The molecule has 28 heavy (non-hydrogen) atoms. The summed E-state index contributed by atoms with van der Waals surface area (Å²) in [4.78, 5) is 35.1. The highest BCUT2D eigenvalue weighted by Gasteiger charge is 2.21. The van der Waals surface area contributed by atoms with E-state index in [2.05, 4.69) is 9.97 Å². The molecule has 0 atom stereocenters. The fourth-order valence-corrected chi connectivity index (χ4v) is 3.46. The van der Waals surface area contributed by atoms with Gasteiger partial charge in [-0.25, -0.2) is 14.8 Å². The molecule has 2 heterocycles. The lowest BCUT2D eigenvalue weighted by Gasteiger charge is -2.21. The first-order valence-corrected chi connectivity index (χ1v) is 9.34. The molecule has 0 radical (unpaired) electrons. The third-order valence-electron chi connectivity index (χ3n) is 3.93. The Balaban J connectivity index is 1.97. The molecule has 0 aliphatic rings. The highest BCUT2D eigenvalue weighted by Crippen LogP contribution is 2.23. The first-order chi connectivity index (χ1) is 13.5. The lowest BCUT2D eigenvalue weighted by molar-refractivity contribution is 0.0600. The van der Waals surface area contributed by atoms with E-state index in [0.717, 1.165) is 10.7 Å². The number of oxazole rings is 1. The second kappa shape index (κ2) is 8.77. The van der Waals surface area contributed by atoms with Gasteiger partial charge in [-0.15, -0.1) is 11.3 Å². The van der Waals surface area contributed by atoms with E-state index in [-0.39, 0.29) is 42.6 Å². The van der Waals surface area contributed by atoms with Crippen molar-refractivity contribution in [2.45, 2.75) is 13.5 Å². The minimum Gasteiger partial charge on any atom is -0.465 e. The number of methoxy groups -OCH3 is 1. The summed E-state index contributed by atoms with van der Waals surface area (Å²) in [7, 11) is 1.27. The monoisotopic (exact) mass is 401 g/mol. The highest BCUT2D eigenvalue weighted by atomic mass is 32.1. The van der Waals surface area contributed by atoms with Crippen LogP contribution in [0.2, 0.25) is 0 Å². The molecule has 0 aliphatic heterocycles. The van der Waals surface area contributed by atoms with E-state index in [1.54, 1.807) is 12.1 Å². The maximum absolute atomic E-state index is 13.1. The van der Waals surface area contributed by atoms with Crippen molar-refractivity contribution in [3.05, 3.63) is 57.9 Å². The fraction of sp³-hybridized carbons (Fsp3) is 0.263. The summed E-state index contributed by atoms with van der Waals surface area (Å²) in [5.41, 5.74) is 1.81. The van der Waals surface area contributed by atoms with Crippen LogP contribution in [-0.2, 0) is 11.3 Å². The number of benzene rings is 1. The first-order valence-electron chi connectivity index (χ1n) is 8.46. The van der Waals surface area contributed by atoms with Crippen molar-refractivity contribution in [3.63, 3.8) is 0 Å². The number of amides is 1. The third kappa shape index (κ3) is 4.44. The predicted octanol–water partition coefficient (Wildman–Crippen LogP) is 2.53. The number of aliphatic hydroxyl groups excluding tert-OH is 1. The molecule has 0 saturated heterocycles. The van der Waals surface area contributed by atoms with E-state index in [4.69, 9.17) is 9.15 Å². The Morgan fingerprint density at radius 2 is 2.07 bits per heavy atom. The van der Waals surface area contributed by atoms with Crippen LogP contribution in [0.25, 0.3) is 11.5 Å². The number of thiazole rings is 1. The SMILES string of the molecule is COC(=O)c1cc(C(=O)N(CCO)Cc2nc(C)cs2)cc(-c2ncco2)c1. The van der Waals surface area contributed by atoms with Gasteiger partial charge in [0.25, 0.3) is 5.91 Å². The number of ether oxygens (including phenoxy) is 1. The Morgan fingerprint density at radius 1 is 1.29 bits per heavy atom. The summed E-state index contributed by atoms with van der Waals surface area (Å²) in [6.45, 7) is 2.07. The van der Waals surface area contributed by atoms with Gasteiger partial charge in [-0.3, -0.25) is 4.79 Å². The zero-order chi connectivity index (χ0) is 20.1. The second-order valence-corrected chi connectivity index (χ2v) is 6.90. The van der Waals surface area contributed by atoms with Gasteiger partial charge in [0.15, 0.2) is 0 Å². The molecule has 146 valence electrons. The number of carbonyl (C=O) groups is 2. The Kier molecular flexibility index (Phi) is 6.17. The lowest BCUT2D eigenvalue weighted by atomic mass is 10.0. The molecule has 3 rings (SSSR count). The van der Waals surface area contributed by atoms with Crippen molar-refractivity contribution >= 4 is 23.2 Å². The quantitative estimate of drug-likeness (QED) is 0.606. The molecule has 0 bridgehead atoms. The molecule has 0 aliphatic carbocycles. The Hall–Kier alpha value is -3.04. The number of rotatable bonds is 7. The molecule has 0 saturated carbocycles. The second-order valence-electron chi connectivity index (χ2n) is 5.96. The Bertz CT molecular complexity index is 968. The molecule has 8 nitrogen and oxygen atoms in total. The Morgan fingerprint density at radius 3 is 2.68 bits per heavy atom. The topological polar surface area (TPSA) is 106 Å². The van der Waals surface area contributed by atoms with E-state index in [0.29, 0.717) is 5.56 Å². The largest absolute Gasteiger partial charge is 0.465 e. The number of aliphatic hydroxyl groups is 1. The minimum atomic E-state index is -0.577. The maximum atomic E-state index is 13.1. The molecule has 9 heteroatoms. The van der Waals surface area contributed by atoms with Crippen LogP contribution < -0.4 is 0 Å². The van der Waals surface area contributed by atoms with Crippen LogP contribution in [-0.4, -0.2) is 52.1 Å². The summed E-state index contributed by atoms with van der Waals surface area (Å²) in [6, 6.07) is 4.60. The molecule has 0 fully saturated rings. The lowest BCUT2D eigenvalue weighted by Crippen LogP contribution is -2.33. The van der Waals surface area contributed by atoms with Crippen LogP contribution in [0.5, 0.6) is 0 Å². The predicted molar refractivity (Wildman–Crippen MR) is 102 cm³/mol. The number of hydrogen-bond donors (Lipinski definition) is 1. The zero-order valence-corrected chi connectivity index (χ0v) is 16.2. The number of carbonyl (C=O) groups excluding carboxylic acids is 2. The molecule has 0 spiro atoms. The van der Waals surface area contributed by atoms with Gasteiger partial charge in [-0.1, -0.05) is 0 Å².